The van der Waals surface area contributed by atoms with Crippen LogP contribution in [0, 0.1) is 20.8 Å². The Labute approximate surface area is 130 Å². The smallest absolute Gasteiger partial charge is 0.261 e. The Morgan fingerprint density at radius 1 is 1.05 bits per heavy atom. The van der Waals surface area contributed by atoms with Crippen molar-refractivity contribution in [3.05, 3.63) is 22.8 Å². The van der Waals surface area contributed by atoms with E-state index in [1.54, 1.807) is 21.0 Å². The molecule has 0 unspecified atom stereocenters. The van der Waals surface area contributed by atoms with E-state index in [1.165, 1.54) is 6.07 Å². The van der Waals surface area contributed by atoms with E-state index in [0.29, 0.717) is 37.7 Å². The van der Waals surface area contributed by atoms with Crippen LogP contribution in [0.15, 0.2) is 11.0 Å². The molecule has 0 saturated carbocycles. The first-order chi connectivity index (χ1) is 9.79. The van der Waals surface area contributed by atoms with Crippen LogP contribution in [-0.4, -0.2) is 42.0 Å². The molecule has 0 heterocycles. The number of methoxy groups -OCH3 is 1. The zero-order chi connectivity index (χ0) is 16.0. The van der Waals surface area contributed by atoms with Gasteiger partial charge in [0.15, 0.2) is 0 Å². The summed E-state index contributed by atoms with van der Waals surface area (Å²) in [6.45, 7) is 7.20. The lowest BCUT2D eigenvalue weighted by atomic mass is 10.1. The van der Waals surface area contributed by atoms with Gasteiger partial charge in [-0.3, -0.25) is 0 Å². The fourth-order valence-electron chi connectivity index (χ4n) is 1.94. The van der Waals surface area contributed by atoms with Crippen LogP contribution in [-0.2, 0) is 18.5 Å². The average Bonchev–Trinajstić information content (AvgIpc) is 2.40. The molecule has 0 atom stereocenters. The highest BCUT2D eigenvalue weighted by molar-refractivity contribution is 8.13. The Kier molecular flexibility index (Phi) is 6.93. The summed E-state index contributed by atoms with van der Waals surface area (Å²) >= 11 is 0. The maximum absolute atomic E-state index is 11.5. The molecule has 0 saturated heterocycles. The minimum Gasteiger partial charge on any atom is -0.491 e. The largest absolute Gasteiger partial charge is 0.491 e. The van der Waals surface area contributed by atoms with E-state index in [9.17, 15) is 8.42 Å². The number of rotatable bonds is 8. The quantitative estimate of drug-likeness (QED) is 0.539. The van der Waals surface area contributed by atoms with Gasteiger partial charge >= 0.3 is 0 Å². The summed E-state index contributed by atoms with van der Waals surface area (Å²) in [5.74, 6) is 0.673. The third-order valence-electron chi connectivity index (χ3n) is 3.15. The predicted molar refractivity (Wildman–Crippen MR) is 81.9 cm³/mol. The van der Waals surface area contributed by atoms with Crippen molar-refractivity contribution in [2.45, 2.75) is 25.7 Å². The number of halogens is 1. The van der Waals surface area contributed by atoms with Crippen LogP contribution in [0.2, 0.25) is 0 Å². The van der Waals surface area contributed by atoms with Crippen molar-refractivity contribution in [1.82, 2.24) is 0 Å². The second-order valence-electron chi connectivity index (χ2n) is 4.66. The Bertz CT molecular complexity index is 584. The maximum Gasteiger partial charge on any atom is 0.261 e. The van der Waals surface area contributed by atoms with Gasteiger partial charge in [0, 0.05) is 17.8 Å². The van der Waals surface area contributed by atoms with Gasteiger partial charge in [-0.15, -0.1) is 0 Å². The van der Waals surface area contributed by atoms with E-state index in [4.69, 9.17) is 24.9 Å². The van der Waals surface area contributed by atoms with E-state index >= 15 is 0 Å². The molecule has 0 bridgehead atoms. The number of aryl methyl sites for hydroxylation is 1. The summed E-state index contributed by atoms with van der Waals surface area (Å²) in [5, 5.41) is 0. The van der Waals surface area contributed by atoms with Gasteiger partial charge in [-0.2, -0.15) is 0 Å². The Hall–Kier alpha value is -0.820. The van der Waals surface area contributed by atoms with Gasteiger partial charge in [0.1, 0.15) is 12.4 Å². The fraction of sp³-hybridized carbons (Fsp3) is 0.571. The first-order valence-electron chi connectivity index (χ1n) is 6.54. The van der Waals surface area contributed by atoms with Crippen molar-refractivity contribution in [1.29, 1.82) is 0 Å². The lowest BCUT2D eigenvalue weighted by Crippen LogP contribution is -2.12. The van der Waals surface area contributed by atoms with Gasteiger partial charge in [-0.1, -0.05) is 0 Å². The summed E-state index contributed by atoms with van der Waals surface area (Å²) < 4.78 is 38.9. The van der Waals surface area contributed by atoms with Crippen LogP contribution in [0.5, 0.6) is 5.75 Å². The number of benzene rings is 1. The molecule has 0 radical (unpaired) electrons. The summed E-state index contributed by atoms with van der Waals surface area (Å²) in [6, 6.07) is 1.53. The zero-order valence-corrected chi connectivity index (χ0v) is 14.3. The highest BCUT2D eigenvalue weighted by Crippen LogP contribution is 2.32. The van der Waals surface area contributed by atoms with Crippen LogP contribution in [0.25, 0.3) is 0 Å². The van der Waals surface area contributed by atoms with Crippen molar-refractivity contribution >= 4 is 19.7 Å². The molecule has 1 rings (SSSR count). The van der Waals surface area contributed by atoms with Crippen molar-refractivity contribution in [3.8, 4) is 5.75 Å². The Morgan fingerprint density at radius 2 is 1.67 bits per heavy atom. The SMILES string of the molecule is COCCOCCOc1c(C)cc(S(=O)(=O)Cl)c(C)c1C. The van der Waals surface area contributed by atoms with Crippen LogP contribution in [0.1, 0.15) is 16.7 Å². The Balaban J connectivity index is 2.79. The molecule has 7 heteroatoms. The highest BCUT2D eigenvalue weighted by atomic mass is 35.7. The molecule has 0 N–H and O–H groups in total. The lowest BCUT2D eigenvalue weighted by molar-refractivity contribution is 0.0542. The molecule has 120 valence electrons. The molecule has 5 nitrogen and oxygen atoms in total. The van der Waals surface area contributed by atoms with Gasteiger partial charge in [0.25, 0.3) is 9.05 Å². The standard InChI is InChI=1S/C14H21ClO5S/c1-10-9-13(21(15,16)17)11(2)12(3)14(10)20-8-7-19-6-5-18-4/h9H,5-8H2,1-4H3. The summed E-state index contributed by atoms with van der Waals surface area (Å²) in [4.78, 5) is 0.128. The minimum absolute atomic E-state index is 0.128. The van der Waals surface area contributed by atoms with Gasteiger partial charge in [0.2, 0.25) is 0 Å². The zero-order valence-electron chi connectivity index (χ0n) is 12.7. The highest BCUT2D eigenvalue weighted by Gasteiger charge is 2.19. The number of ether oxygens (including phenoxy) is 3. The van der Waals surface area contributed by atoms with Crippen LogP contribution in [0.4, 0.5) is 0 Å². The van der Waals surface area contributed by atoms with Crippen molar-refractivity contribution in [2.24, 2.45) is 0 Å². The minimum atomic E-state index is -3.75. The third-order valence-corrected chi connectivity index (χ3v) is 4.60. The first-order valence-corrected chi connectivity index (χ1v) is 8.85. The van der Waals surface area contributed by atoms with E-state index in [1.807, 2.05) is 6.92 Å². The van der Waals surface area contributed by atoms with Crippen LogP contribution < -0.4 is 4.74 Å². The molecule has 0 aliphatic carbocycles. The maximum atomic E-state index is 11.5. The summed E-state index contributed by atoms with van der Waals surface area (Å²) in [6.07, 6.45) is 0. The lowest BCUT2D eigenvalue weighted by Gasteiger charge is -2.16. The molecule has 21 heavy (non-hydrogen) atoms. The molecule has 0 aliphatic rings. The average molecular weight is 337 g/mol. The van der Waals surface area contributed by atoms with Crippen LogP contribution in [0.3, 0.4) is 0 Å². The summed E-state index contributed by atoms with van der Waals surface area (Å²) in [7, 11) is 3.30. The molecule has 0 spiro atoms. The normalized spacial score (nSPS) is 11.7. The van der Waals surface area contributed by atoms with Crippen molar-refractivity contribution in [3.63, 3.8) is 0 Å². The third kappa shape index (κ3) is 5.14. The second-order valence-corrected chi connectivity index (χ2v) is 7.20. The predicted octanol–water partition coefficient (Wildman–Crippen LogP) is 2.58. The summed E-state index contributed by atoms with van der Waals surface area (Å²) in [5.41, 5.74) is 2.10. The number of hydrogen-bond acceptors (Lipinski definition) is 5. The second kappa shape index (κ2) is 7.98. The van der Waals surface area contributed by atoms with Gasteiger partial charge < -0.3 is 14.2 Å². The van der Waals surface area contributed by atoms with Crippen molar-refractivity contribution < 1.29 is 22.6 Å². The topological polar surface area (TPSA) is 61.8 Å². The van der Waals surface area contributed by atoms with E-state index in [0.717, 1.165) is 11.1 Å². The van der Waals surface area contributed by atoms with Gasteiger partial charge in [-0.25, -0.2) is 8.42 Å². The first kappa shape index (κ1) is 18.2. The van der Waals surface area contributed by atoms with E-state index in [2.05, 4.69) is 0 Å². The molecule has 0 amide bonds. The van der Waals surface area contributed by atoms with Crippen molar-refractivity contribution in [2.75, 3.05) is 33.5 Å². The number of hydrogen-bond donors (Lipinski definition) is 0. The molecular weight excluding hydrogens is 316 g/mol. The molecule has 0 aromatic heterocycles. The van der Waals surface area contributed by atoms with Gasteiger partial charge in [0.05, 0.1) is 24.7 Å². The fourth-order valence-corrected chi connectivity index (χ4v) is 3.26. The Morgan fingerprint density at radius 3 is 2.24 bits per heavy atom. The molecule has 1 aromatic rings. The van der Waals surface area contributed by atoms with Gasteiger partial charge in [-0.05, 0) is 43.5 Å². The molecule has 0 fully saturated rings. The molecule has 0 aliphatic heterocycles. The monoisotopic (exact) mass is 336 g/mol. The van der Waals surface area contributed by atoms with E-state index in [-0.39, 0.29) is 4.90 Å². The molecule has 1 aromatic carbocycles. The molecular formula is C14H21ClO5S. The van der Waals surface area contributed by atoms with E-state index < -0.39 is 9.05 Å². The van der Waals surface area contributed by atoms with Crippen LogP contribution >= 0.6 is 10.7 Å².